The molecule has 0 aromatic heterocycles. The molecule has 2 aliphatic rings. The van der Waals surface area contributed by atoms with E-state index in [1.54, 1.807) is 17.0 Å². The molecule has 0 fully saturated rings. The zero-order valence-corrected chi connectivity index (χ0v) is 19.2. The molecular weight excluding hydrogens is 417 g/mol. The van der Waals surface area contributed by atoms with Gasteiger partial charge < -0.3 is 0 Å². The summed E-state index contributed by atoms with van der Waals surface area (Å²) in [6.07, 6.45) is 1.33. The van der Waals surface area contributed by atoms with Crippen LogP contribution in [0.2, 0.25) is 10.0 Å². The number of carbonyl (C=O) groups excluding carboxylic acids is 2. The van der Waals surface area contributed by atoms with Crippen molar-refractivity contribution in [1.29, 1.82) is 0 Å². The highest BCUT2D eigenvalue weighted by molar-refractivity contribution is 6.35. The molecule has 0 radical (unpaired) electrons. The molecule has 2 aromatic rings. The van der Waals surface area contributed by atoms with Crippen molar-refractivity contribution in [2.24, 2.45) is 5.41 Å². The number of hydrogen-bond donors (Lipinski definition) is 0. The summed E-state index contributed by atoms with van der Waals surface area (Å²) >= 11 is 12.6. The molecule has 4 rings (SSSR count). The first kappa shape index (κ1) is 21.1. The predicted molar refractivity (Wildman–Crippen MR) is 122 cm³/mol. The lowest BCUT2D eigenvalue weighted by Gasteiger charge is -2.43. The molecule has 156 valence electrons. The topological polar surface area (TPSA) is 37.4 Å². The van der Waals surface area contributed by atoms with E-state index in [-0.39, 0.29) is 29.4 Å². The van der Waals surface area contributed by atoms with Gasteiger partial charge in [0.05, 0.1) is 0 Å². The van der Waals surface area contributed by atoms with Crippen molar-refractivity contribution in [2.45, 2.75) is 52.9 Å². The maximum atomic E-state index is 13.5. The highest BCUT2D eigenvalue weighted by Crippen LogP contribution is 2.49. The lowest BCUT2D eigenvalue weighted by Crippen LogP contribution is -2.43. The van der Waals surface area contributed by atoms with Crippen LogP contribution in [0.1, 0.15) is 55.7 Å². The van der Waals surface area contributed by atoms with Crippen LogP contribution in [0.5, 0.6) is 0 Å². The third-order valence-corrected chi connectivity index (χ3v) is 6.51. The van der Waals surface area contributed by atoms with Crippen LogP contribution in [0.4, 0.5) is 5.69 Å². The van der Waals surface area contributed by atoms with Gasteiger partial charge in [0.15, 0.2) is 5.78 Å². The molecule has 1 amide bonds. The Kier molecular flexibility index (Phi) is 5.32. The number of amides is 1. The molecule has 0 saturated heterocycles. The Morgan fingerprint density at radius 3 is 2.27 bits per heavy atom. The number of hydrogen-bond acceptors (Lipinski definition) is 2. The van der Waals surface area contributed by atoms with Crippen molar-refractivity contribution in [2.75, 3.05) is 4.90 Å². The van der Waals surface area contributed by atoms with Gasteiger partial charge in [-0.15, -0.1) is 0 Å². The van der Waals surface area contributed by atoms with Gasteiger partial charge in [-0.3, -0.25) is 14.5 Å². The lowest BCUT2D eigenvalue weighted by molar-refractivity contribution is -0.121. The number of nitrogens with zero attached hydrogens (tertiary/aromatic N) is 1. The second-order valence-electron chi connectivity index (χ2n) is 9.30. The van der Waals surface area contributed by atoms with Gasteiger partial charge in [-0.25, -0.2) is 0 Å². The van der Waals surface area contributed by atoms with Crippen molar-refractivity contribution in [3.8, 4) is 0 Å². The number of anilines is 1. The van der Waals surface area contributed by atoms with Gasteiger partial charge in [0.25, 0.3) is 0 Å². The van der Waals surface area contributed by atoms with Crippen LogP contribution in [0, 0.1) is 19.3 Å². The van der Waals surface area contributed by atoms with Crippen LogP contribution in [-0.4, -0.2) is 11.7 Å². The number of halogens is 2. The number of benzene rings is 2. The SMILES string of the molecule is Cc1cc(C)cc(N2C(=O)CC(c3ccc(Cl)cc3Cl)C3=C2CC(C)(C)CC3=O)c1. The van der Waals surface area contributed by atoms with Crippen LogP contribution < -0.4 is 4.90 Å². The summed E-state index contributed by atoms with van der Waals surface area (Å²) in [5.74, 6) is -0.262. The Balaban J connectivity index is 1.93. The van der Waals surface area contributed by atoms with Crippen LogP contribution in [0.15, 0.2) is 47.7 Å². The summed E-state index contributed by atoms with van der Waals surface area (Å²) in [6.45, 7) is 8.20. The first-order valence-corrected chi connectivity index (χ1v) is 10.9. The third-order valence-electron chi connectivity index (χ3n) is 5.95. The minimum absolute atomic E-state index is 0.0136. The Bertz CT molecular complexity index is 1080. The van der Waals surface area contributed by atoms with Crippen molar-refractivity contribution in [1.82, 2.24) is 0 Å². The van der Waals surface area contributed by atoms with Crippen molar-refractivity contribution < 1.29 is 9.59 Å². The van der Waals surface area contributed by atoms with E-state index in [1.165, 1.54) is 0 Å². The zero-order valence-electron chi connectivity index (χ0n) is 17.7. The standard InChI is InChI=1S/C25H25Cl2NO2/c1-14-7-15(2)9-17(8-14)28-21-12-25(3,4)13-22(29)24(21)19(11-23(28)30)18-6-5-16(26)10-20(18)27/h5-10,19H,11-13H2,1-4H3. The fourth-order valence-corrected chi connectivity index (χ4v) is 5.38. The second-order valence-corrected chi connectivity index (χ2v) is 10.1. The first-order chi connectivity index (χ1) is 14.1. The molecule has 30 heavy (non-hydrogen) atoms. The fourth-order valence-electron chi connectivity index (χ4n) is 4.84. The molecule has 1 aliphatic carbocycles. The molecule has 3 nitrogen and oxygen atoms in total. The molecule has 1 unspecified atom stereocenters. The third kappa shape index (κ3) is 3.81. The molecule has 5 heteroatoms. The lowest BCUT2D eigenvalue weighted by atomic mass is 9.69. The number of carbonyl (C=O) groups is 2. The van der Waals surface area contributed by atoms with Gasteiger partial charge in [-0.2, -0.15) is 0 Å². The van der Waals surface area contributed by atoms with Crippen molar-refractivity contribution in [3.63, 3.8) is 0 Å². The highest BCUT2D eigenvalue weighted by atomic mass is 35.5. The van der Waals surface area contributed by atoms with Crippen LogP contribution in [-0.2, 0) is 9.59 Å². The summed E-state index contributed by atoms with van der Waals surface area (Å²) in [6, 6.07) is 11.4. The van der Waals surface area contributed by atoms with Gasteiger partial charge in [0.1, 0.15) is 0 Å². The maximum absolute atomic E-state index is 13.5. The zero-order chi connectivity index (χ0) is 21.8. The molecule has 0 spiro atoms. The number of allylic oxidation sites excluding steroid dienone is 2. The van der Waals surface area contributed by atoms with Gasteiger partial charge in [0, 0.05) is 45.8 Å². The van der Waals surface area contributed by atoms with Gasteiger partial charge in [0.2, 0.25) is 5.91 Å². The smallest absolute Gasteiger partial charge is 0.232 e. The molecule has 2 aromatic carbocycles. The molecule has 0 saturated carbocycles. The number of rotatable bonds is 2. The summed E-state index contributed by atoms with van der Waals surface area (Å²) < 4.78 is 0. The van der Waals surface area contributed by atoms with Crippen LogP contribution >= 0.6 is 23.2 Å². The quantitative estimate of drug-likeness (QED) is 0.515. The number of ketones is 1. The summed E-state index contributed by atoms with van der Waals surface area (Å²) in [5.41, 5.74) is 5.12. The van der Waals surface area contributed by atoms with E-state index >= 15 is 0 Å². The average molecular weight is 442 g/mol. The number of aryl methyl sites for hydroxylation is 2. The summed E-state index contributed by atoms with van der Waals surface area (Å²) in [4.78, 5) is 28.6. The molecular formula is C25H25Cl2NO2. The van der Waals surface area contributed by atoms with E-state index in [9.17, 15) is 9.59 Å². The minimum Gasteiger partial charge on any atom is -0.294 e. The van der Waals surface area contributed by atoms with E-state index < -0.39 is 0 Å². The largest absolute Gasteiger partial charge is 0.294 e. The Labute approximate surface area is 187 Å². The average Bonchev–Trinajstić information content (AvgIpc) is 2.58. The van der Waals surface area contributed by atoms with Crippen LogP contribution in [0.3, 0.4) is 0 Å². The Morgan fingerprint density at radius 2 is 1.63 bits per heavy atom. The molecule has 0 bridgehead atoms. The molecule has 1 heterocycles. The second kappa shape index (κ2) is 7.55. The van der Waals surface area contributed by atoms with Crippen molar-refractivity contribution >= 4 is 40.6 Å². The Morgan fingerprint density at radius 1 is 0.967 bits per heavy atom. The maximum Gasteiger partial charge on any atom is 0.232 e. The first-order valence-electron chi connectivity index (χ1n) is 10.2. The summed E-state index contributed by atoms with van der Waals surface area (Å²) in [7, 11) is 0. The van der Waals surface area contributed by atoms with Crippen molar-refractivity contribution in [3.05, 3.63) is 74.4 Å². The molecule has 0 N–H and O–H groups in total. The summed E-state index contributed by atoms with van der Waals surface area (Å²) in [5, 5.41) is 1.03. The molecule has 1 atom stereocenters. The Hall–Kier alpha value is -2.10. The van der Waals surface area contributed by atoms with Crippen LogP contribution in [0.25, 0.3) is 0 Å². The van der Waals surface area contributed by atoms with E-state index in [1.807, 2.05) is 32.0 Å². The monoisotopic (exact) mass is 441 g/mol. The normalized spacial score (nSPS) is 21.1. The van der Waals surface area contributed by atoms with E-state index in [2.05, 4.69) is 19.9 Å². The molecule has 1 aliphatic heterocycles. The fraction of sp³-hybridized carbons (Fsp3) is 0.360. The minimum atomic E-state index is -0.344. The van der Waals surface area contributed by atoms with E-state index in [4.69, 9.17) is 23.2 Å². The number of Topliss-reactive ketones (excluding diaryl/α,β-unsaturated/α-hetero) is 1. The highest BCUT2D eigenvalue weighted by Gasteiger charge is 2.44. The van der Waals surface area contributed by atoms with Gasteiger partial charge in [-0.05, 0) is 66.6 Å². The van der Waals surface area contributed by atoms with Gasteiger partial charge >= 0.3 is 0 Å². The predicted octanol–water partition coefficient (Wildman–Crippen LogP) is 6.77. The van der Waals surface area contributed by atoms with E-state index in [0.717, 1.165) is 33.6 Å². The van der Waals surface area contributed by atoms with E-state index in [0.29, 0.717) is 22.9 Å². The van der Waals surface area contributed by atoms with Gasteiger partial charge in [-0.1, -0.05) is 49.2 Å².